The normalized spacial score (nSPS) is 32.0. The number of H-pyrrole nitrogens is 1. The molecule has 0 radical (unpaired) electrons. The zero-order valence-electron chi connectivity index (χ0n) is 21.4. The minimum atomic E-state index is -5.95. The summed E-state index contributed by atoms with van der Waals surface area (Å²) in [6.07, 6.45) is -13.9. The number of ketones is 1. The molecule has 2 aliphatic rings. The van der Waals surface area contributed by atoms with Crippen LogP contribution in [-0.4, -0.2) is 104 Å². The van der Waals surface area contributed by atoms with Gasteiger partial charge in [-0.2, -0.15) is 0 Å². The van der Waals surface area contributed by atoms with Crippen molar-refractivity contribution in [3.05, 3.63) is 33.1 Å². The Kier molecular flexibility index (Phi) is 11.3. The van der Waals surface area contributed by atoms with Gasteiger partial charge in [-0.25, -0.2) is 9.11 Å². The molecule has 0 spiro atoms. The fraction of sp³-hybridized carbons (Fsp3) is 0.632. The number of aliphatic hydroxyl groups is 4. The van der Waals surface area contributed by atoms with E-state index in [0.29, 0.717) is 4.57 Å². The Bertz CT molecular complexity index is 1410. The van der Waals surface area contributed by atoms with Gasteiger partial charge in [0.15, 0.2) is 18.3 Å². The first-order valence-electron chi connectivity index (χ1n) is 11.9. The van der Waals surface area contributed by atoms with Crippen molar-refractivity contribution in [1.82, 2.24) is 14.9 Å². The summed E-state index contributed by atoms with van der Waals surface area (Å²) in [6, 6.07) is -0.501. The molecule has 6 N–H and O–H groups in total. The molecule has 0 aliphatic carbocycles. The number of aromatic nitrogens is 2. The summed E-state index contributed by atoms with van der Waals surface area (Å²) in [4.78, 5) is 82.5. The molecular formula is C19H24N3O19P2-3. The number of carboxylic acid groups (broad SMARTS) is 1. The molecular weight excluding hydrogens is 636 g/mol. The minimum Gasteiger partial charge on any atom is -0.756 e. The smallest absolute Gasteiger partial charge is 0.330 e. The maximum Gasteiger partial charge on any atom is 0.330 e. The zero-order chi connectivity index (χ0) is 32.3. The lowest BCUT2D eigenvalue weighted by atomic mass is 10.0. The van der Waals surface area contributed by atoms with E-state index in [1.807, 2.05) is 4.98 Å². The monoisotopic (exact) mass is 660 g/mol. The number of carboxylic acids is 1. The number of hydrogen-bond acceptors (Lipinski definition) is 19. The van der Waals surface area contributed by atoms with E-state index < -0.39 is 120 Å². The lowest BCUT2D eigenvalue weighted by molar-refractivity contribution is -0.300. The van der Waals surface area contributed by atoms with Crippen molar-refractivity contribution in [1.29, 1.82) is 0 Å². The molecule has 0 saturated carbocycles. The number of nitrogens with one attached hydrogen (secondary N) is 2. The molecule has 24 heteroatoms. The highest BCUT2D eigenvalue weighted by Gasteiger charge is 2.45. The number of carbonyl (C=O) groups excluding carboxylic acids is 3. The van der Waals surface area contributed by atoms with Gasteiger partial charge in [-0.05, 0) is 0 Å². The molecule has 10 atom stereocenters. The van der Waals surface area contributed by atoms with Crippen LogP contribution in [0.25, 0.3) is 0 Å². The maximum absolute atomic E-state index is 12.2. The predicted octanol–water partition coefficient (Wildman–Crippen LogP) is -7.20. The Morgan fingerprint density at radius 2 is 1.72 bits per heavy atom. The Morgan fingerprint density at radius 3 is 2.35 bits per heavy atom. The number of rotatable bonds is 13. The van der Waals surface area contributed by atoms with Crippen LogP contribution in [0.1, 0.15) is 19.1 Å². The van der Waals surface area contributed by atoms with Crippen molar-refractivity contribution >= 4 is 33.3 Å². The van der Waals surface area contributed by atoms with Gasteiger partial charge in [-0.3, -0.25) is 37.6 Å². The van der Waals surface area contributed by atoms with Gasteiger partial charge in [0, 0.05) is 25.1 Å². The molecule has 242 valence electrons. The highest BCUT2D eigenvalue weighted by Crippen LogP contribution is 2.56. The van der Waals surface area contributed by atoms with Gasteiger partial charge < -0.3 is 59.4 Å². The van der Waals surface area contributed by atoms with Crippen LogP contribution in [0.3, 0.4) is 0 Å². The minimum absolute atomic E-state index is 0.636. The second-order valence-electron chi connectivity index (χ2n) is 9.01. The third-order valence-corrected chi connectivity index (χ3v) is 8.46. The molecule has 1 aromatic rings. The molecule has 22 nitrogen and oxygen atoms in total. The van der Waals surface area contributed by atoms with Crippen LogP contribution in [0.4, 0.5) is 0 Å². The van der Waals surface area contributed by atoms with E-state index in [-0.39, 0.29) is 0 Å². The topological polar surface area (TPSA) is 348 Å². The lowest BCUT2D eigenvalue weighted by Gasteiger charge is -2.40. The molecule has 2 unspecified atom stereocenters. The maximum atomic E-state index is 12.2. The first-order chi connectivity index (χ1) is 19.9. The number of carbonyl (C=O) groups is 3. The van der Waals surface area contributed by atoms with Crippen molar-refractivity contribution in [3.8, 4) is 0 Å². The molecule has 1 aromatic heterocycles. The SMILES string of the molecule is O=C(CCC(=O)C(=O)[O-])N[C@H]1CO[C@H](OP(=O)([O-])OP(=O)([O-])OC[C@H]2O[C@@H](n3ccc(=O)[nH]c3=O)[C@H](O)[C@@H]2O)[C@H](O)[C@H]1O. The van der Waals surface area contributed by atoms with Crippen LogP contribution in [-0.2, 0) is 46.3 Å². The summed E-state index contributed by atoms with van der Waals surface area (Å²) in [7, 11) is -11.8. The summed E-state index contributed by atoms with van der Waals surface area (Å²) < 4.78 is 47.6. The third-order valence-electron chi connectivity index (χ3n) is 5.93. The third kappa shape index (κ3) is 9.16. The largest absolute Gasteiger partial charge is 0.756 e. The molecule has 0 aromatic carbocycles. The number of amides is 1. The highest BCUT2D eigenvalue weighted by atomic mass is 31.3. The van der Waals surface area contributed by atoms with E-state index in [0.717, 1.165) is 12.3 Å². The number of phosphoric ester groups is 2. The van der Waals surface area contributed by atoms with E-state index in [1.165, 1.54) is 0 Å². The molecule has 3 rings (SSSR count). The number of aliphatic hydroxyl groups excluding tert-OH is 4. The van der Waals surface area contributed by atoms with Gasteiger partial charge in [-0.1, -0.05) is 0 Å². The number of nitrogens with zero attached hydrogens (tertiary/aromatic N) is 1. The molecule has 3 heterocycles. The van der Waals surface area contributed by atoms with Gasteiger partial charge in [-0.15, -0.1) is 0 Å². The number of Topliss-reactive ketones (excluding diaryl/α,β-unsaturated/α-hetero) is 1. The quantitative estimate of drug-likeness (QED) is 0.0845. The van der Waals surface area contributed by atoms with E-state index in [4.69, 9.17) is 9.47 Å². The van der Waals surface area contributed by atoms with Crippen LogP contribution in [0.5, 0.6) is 0 Å². The molecule has 2 aliphatic heterocycles. The van der Waals surface area contributed by atoms with Crippen LogP contribution in [0.15, 0.2) is 21.9 Å². The number of ether oxygens (including phenoxy) is 2. The van der Waals surface area contributed by atoms with Crippen LogP contribution < -0.4 is 31.5 Å². The average Bonchev–Trinajstić information content (AvgIpc) is 3.18. The molecule has 1 amide bonds. The van der Waals surface area contributed by atoms with Crippen molar-refractivity contribution in [2.24, 2.45) is 0 Å². The van der Waals surface area contributed by atoms with Gasteiger partial charge >= 0.3 is 5.69 Å². The average molecular weight is 660 g/mol. The van der Waals surface area contributed by atoms with Gasteiger partial charge in [0.1, 0.15) is 36.5 Å². The number of aliphatic carboxylic acids is 1. The Labute approximate surface area is 238 Å². The van der Waals surface area contributed by atoms with Gasteiger partial charge in [0.2, 0.25) is 5.91 Å². The Morgan fingerprint density at radius 1 is 1.05 bits per heavy atom. The molecule has 2 saturated heterocycles. The van der Waals surface area contributed by atoms with Crippen molar-refractivity contribution in [3.63, 3.8) is 0 Å². The first-order valence-corrected chi connectivity index (χ1v) is 14.8. The van der Waals surface area contributed by atoms with Crippen molar-refractivity contribution in [2.75, 3.05) is 13.2 Å². The predicted molar refractivity (Wildman–Crippen MR) is 124 cm³/mol. The second-order valence-corrected chi connectivity index (χ2v) is 11.9. The second kappa shape index (κ2) is 13.9. The lowest BCUT2D eigenvalue weighted by Crippen LogP contribution is -2.59. The van der Waals surface area contributed by atoms with E-state index in [9.17, 15) is 68.4 Å². The van der Waals surface area contributed by atoms with E-state index in [2.05, 4.69) is 18.7 Å². The fourth-order valence-electron chi connectivity index (χ4n) is 3.80. The summed E-state index contributed by atoms with van der Waals surface area (Å²) in [5.41, 5.74) is -1.82. The summed E-state index contributed by atoms with van der Waals surface area (Å²) in [6.45, 7) is -1.86. The Balaban J connectivity index is 1.52. The van der Waals surface area contributed by atoms with E-state index in [1.54, 1.807) is 0 Å². The summed E-state index contributed by atoms with van der Waals surface area (Å²) >= 11 is 0. The molecule has 0 bridgehead atoms. The number of aromatic amines is 1. The molecule has 2 fully saturated rings. The summed E-state index contributed by atoms with van der Waals surface area (Å²) in [5, 5.41) is 53.1. The van der Waals surface area contributed by atoms with Crippen molar-refractivity contribution < 1.29 is 81.7 Å². The van der Waals surface area contributed by atoms with Crippen LogP contribution in [0, 0.1) is 0 Å². The standard InChI is InChI=1S/C19H27N3O19P2/c23-8(17(30)31)1-2-10(24)20-7-5-37-18(15(29)12(7)26)40-43(35,36)41-42(33,34)38-6-9-13(27)14(28)16(39-9)22-4-3-11(25)21-19(22)32/h3-4,7,9,12-16,18,26-29H,1-2,5-6H2,(H,20,24)(H,30,31)(H,33,34)(H,35,36)(H,21,25,32)/p-3/t7-,9+,12-,13+,14+,15+,16+,18+/m0/s1. The van der Waals surface area contributed by atoms with Crippen LogP contribution in [0.2, 0.25) is 0 Å². The molecule has 43 heavy (non-hydrogen) atoms. The van der Waals surface area contributed by atoms with Gasteiger partial charge in [0.25, 0.3) is 21.2 Å². The highest BCUT2D eigenvalue weighted by molar-refractivity contribution is 7.59. The van der Waals surface area contributed by atoms with Crippen molar-refractivity contribution in [2.45, 2.75) is 61.9 Å². The van der Waals surface area contributed by atoms with Crippen LogP contribution >= 0.6 is 15.6 Å². The Hall–Kier alpha value is -2.69. The first kappa shape index (κ1) is 34.8. The zero-order valence-corrected chi connectivity index (χ0v) is 23.1. The van der Waals surface area contributed by atoms with Gasteiger partial charge in [0.05, 0.1) is 19.3 Å². The fourth-order valence-corrected chi connectivity index (χ4v) is 5.90. The van der Waals surface area contributed by atoms with E-state index >= 15 is 0 Å². The summed E-state index contributed by atoms with van der Waals surface area (Å²) in [5.74, 6) is -4.33. The number of phosphoric acid groups is 2. The number of hydrogen-bond donors (Lipinski definition) is 6.